The minimum absolute atomic E-state index is 0.0396. The number of aromatic hydroxyl groups is 1. The molecule has 0 radical (unpaired) electrons. The van der Waals surface area contributed by atoms with Crippen molar-refractivity contribution in [2.24, 2.45) is 0 Å². The number of phenols is 1. The van der Waals surface area contributed by atoms with Crippen LogP contribution in [-0.4, -0.2) is 11.1 Å². The van der Waals surface area contributed by atoms with Crippen molar-refractivity contribution in [3.8, 4) is 5.75 Å². The lowest BCUT2D eigenvalue weighted by atomic mass is 10.1. The molecule has 0 unspecified atom stereocenters. The largest absolute Gasteiger partial charge is 0.506 e. The Morgan fingerprint density at radius 3 is 2.42 bits per heavy atom. The maximum absolute atomic E-state index is 11.8. The summed E-state index contributed by atoms with van der Waals surface area (Å²) in [6, 6.07) is 11.9. The number of hydrogen-bond acceptors (Lipinski definition) is 2. The molecule has 2 rings (SSSR count). The van der Waals surface area contributed by atoms with Gasteiger partial charge in [0.1, 0.15) is 5.75 Å². The van der Waals surface area contributed by atoms with E-state index in [-0.39, 0.29) is 11.8 Å². The highest BCUT2D eigenvalue weighted by Gasteiger charge is 2.06. The van der Waals surface area contributed by atoms with Gasteiger partial charge in [-0.3, -0.25) is 0 Å². The average Bonchev–Trinajstić information content (AvgIpc) is 2.37. The van der Waals surface area contributed by atoms with Gasteiger partial charge in [0.15, 0.2) is 0 Å². The van der Waals surface area contributed by atoms with Crippen LogP contribution in [0, 0.1) is 13.8 Å². The SMILES string of the molecule is Cc1ccc(NC(=O)Nc2ccccc2O)cc1C. The second-order valence-electron chi connectivity index (χ2n) is 4.40. The molecule has 0 aliphatic carbocycles. The van der Waals surface area contributed by atoms with E-state index in [2.05, 4.69) is 10.6 Å². The Kier molecular flexibility index (Phi) is 3.71. The molecule has 0 saturated heterocycles. The third kappa shape index (κ3) is 3.25. The van der Waals surface area contributed by atoms with Crippen LogP contribution >= 0.6 is 0 Å². The van der Waals surface area contributed by atoms with Crippen LogP contribution in [0.25, 0.3) is 0 Å². The van der Waals surface area contributed by atoms with E-state index < -0.39 is 0 Å². The van der Waals surface area contributed by atoms with Gasteiger partial charge in [0, 0.05) is 5.69 Å². The van der Waals surface area contributed by atoms with Gasteiger partial charge in [-0.25, -0.2) is 4.79 Å². The van der Waals surface area contributed by atoms with Crippen molar-refractivity contribution in [2.45, 2.75) is 13.8 Å². The van der Waals surface area contributed by atoms with Gasteiger partial charge >= 0.3 is 6.03 Å². The lowest BCUT2D eigenvalue weighted by Gasteiger charge is -2.10. The molecule has 0 heterocycles. The highest BCUT2D eigenvalue weighted by Crippen LogP contribution is 2.22. The van der Waals surface area contributed by atoms with Crippen molar-refractivity contribution < 1.29 is 9.90 Å². The maximum Gasteiger partial charge on any atom is 0.323 e. The molecule has 98 valence electrons. The van der Waals surface area contributed by atoms with Crippen LogP contribution in [0.4, 0.5) is 16.2 Å². The summed E-state index contributed by atoms with van der Waals surface area (Å²) in [4.78, 5) is 11.8. The first kappa shape index (κ1) is 13.0. The number of benzene rings is 2. The number of carbonyl (C=O) groups is 1. The summed E-state index contributed by atoms with van der Waals surface area (Å²) in [6.07, 6.45) is 0. The zero-order valence-electron chi connectivity index (χ0n) is 10.9. The number of urea groups is 1. The standard InChI is InChI=1S/C15H16N2O2/c1-10-7-8-12(9-11(10)2)16-15(19)17-13-5-3-4-6-14(13)18/h3-9,18H,1-2H3,(H2,16,17,19). The number of hydrogen-bond donors (Lipinski definition) is 3. The van der Waals surface area contributed by atoms with E-state index in [9.17, 15) is 9.90 Å². The molecule has 0 saturated carbocycles. The quantitative estimate of drug-likeness (QED) is 0.718. The number of para-hydroxylation sites is 2. The average molecular weight is 256 g/mol. The van der Waals surface area contributed by atoms with Gasteiger partial charge in [-0.1, -0.05) is 18.2 Å². The molecule has 2 aromatic carbocycles. The molecule has 3 N–H and O–H groups in total. The second kappa shape index (κ2) is 5.44. The van der Waals surface area contributed by atoms with E-state index in [1.54, 1.807) is 18.2 Å². The van der Waals surface area contributed by atoms with Crippen molar-refractivity contribution in [3.05, 3.63) is 53.6 Å². The molecule has 2 aromatic rings. The van der Waals surface area contributed by atoms with Crippen LogP contribution in [0.5, 0.6) is 5.75 Å². The Morgan fingerprint density at radius 2 is 1.74 bits per heavy atom. The molecule has 0 aromatic heterocycles. The monoisotopic (exact) mass is 256 g/mol. The van der Waals surface area contributed by atoms with Crippen LogP contribution in [0.3, 0.4) is 0 Å². The van der Waals surface area contributed by atoms with Crippen molar-refractivity contribution in [1.82, 2.24) is 0 Å². The summed E-state index contributed by atoms with van der Waals surface area (Å²) < 4.78 is 0. The number of aryl methyl sites for hydroxylation is 2. The highest BCUT2D eigenvalue weighted by molar-refractivity contribution is 6.00. The predicted molar refractivity (Wildman–Crippen MR) is 76.7 cm³/mol. The molecule has 4 heteroatoms. The van der Waals surface area contributed by atoms with E-state index in [1.165, 1.54) is 11.6 Å². The van der Waals surface area contributed by atoms with Crippen molar-refractivity contribution in [3.63, 3.8) is 0 Å². The molecule has 0 aliphatic heterocycles. The molecule has 4 nitrogen and oxygen atoms in total. The van der Waals surface area contributed by atoms with Gasteiger partial charge in [-0.2, -0.15) is 0 Å². The third-order valence-electron chi connectivity index (χ3n) is 2.92. The number of rotatable bonds is 2. The highest BCUT2D eigenvalue weighted by atomic mass is 16.3. The molecule has 2 amide bonds. The van der Waals surface area contributed by atoms with E-state index >= 15 is 0 Å². The number of carbonyl (C=O) groups excluding carboxylic acids is 1. The molecule has 0 atom stereocenters. The number of phenolic OH excluding ortho intramolecular Hbond substituents is 1. The van der Waals surface area contributed by atoms with Crippen LogP contribution in [0.2, 0.25) is 0 Å². The van der Waals surface area contributed by atoms with Gasteiger partial charge in [-0.05, 0) is 49.2 Å². The molecule has 0 aliphatic rings. The Labute approximate surface area is 112 Å². The maximum atomic E-state index is 11.8. The molecular weight excluding hydrogens is 240 g/mol. The zero-order chi connectivity index (χ0) is 13.8. The van der Waals surface area contributed by atoms with Gasteiger partial charge in [0.25, 0.3) is 0 Å². The first-order chi connectivity index (χ1) is 9.06. The second-order valence-corrected chi connectivity index (χ2v) is 4.40. The first-order valence-corrected chi connectivity index (χ1v) is 5.99. The topological polar surface area (TPSA) is 61.4 Å². The van der Waals surface area contributed by atoms with Crippen LogP contribution in [0.15, 0.2) is 42.5 Å². The molecule has 0 spiro atoms. The van der Waals surface area contributed by atoms with Gasteiger partial charge in [0.05, 0.1) is 5.69 Å². The summed E-state index contributed by atoms with van der Waals surface area (Å²) in [5, 5.41) is 14.9. The van der Waals surface area contributed by atoms with Gasteiger partial charge in [0.2, 0.25) is 0 Å². The van der Waals surface area contributed by atoms with Crippen LogP contribution < -0.4 is 10.6 Å². The summed E-state index contributed by atoms with van der Waals surface area (Å²) >= 11 is 0. The van der Waals surface area contributed by atoms with Crippen LogP contribution in [0.1, 0.15) is 11.1 Å². The lowest BCUT2D eigenvalue weighted by Crippen LogP contribution is -2.19. The predicted octanol–water partition coefficient (Wildman–Crippen LogP) is 3.65. The summed E-state index contributed by atoms with van der Waals surface area (Å²) in [7, 11) is 0. The normalized spacial score (nSPS) is 10.0. The fourth-order valence-corrected chi connectivity index (χ4v) is 1.68. The molecule has 19 heavy (non-hydrogen) atoms. The summed E-state index contributed by atoms with van der Waals surface area (Å²) in [5.74, 6) is 0.0396. The number of nitrogens with one attached hydrogen (secondary N) is 2. The smallest absolute Gasteiger partial charge is 0.323 e. The Morgan fingerprint density at radius 1 is 1.00 bits per heavy atom. The van der Waals surface area contributed by atoms with Crippen molar-refractivity contribution >= 4 is 17.4 Å². The fourth-order valence-electron chi connectivity index (χ4n) is 1.68. The molecular formula is C15H16N2O2. The Balaban J connectivity index is 2.05. The first-order valence-electron chi connectivity index (χ1n) is 5.99. The van der Waals surface area contributed by atoms with Crippen molar-refractivity contribution in [2.75, 3.05) is 10.6 Å². The molecule has 0 bridgehead atoms. The zero-order valence-corrected chi connectivity index (χ0v) is 10.9. The minimum Gasteiger partial charge on any atom is -0.506 e. The number of amides is 2. The summed E-state index contributed by atoms with van der Waals surface area (Å²) in [6.45, 7) is 4.00. The van der Waals surface area contributed by atoms with Gasteiger partial charge < -0.3 is 15.7 Å². The van der Waals surface area contributed by atoms with E-state index in [1.807, 2.05) is 32.0 Å². The Hall–Kier alpha value is -2.49. The van der Waals surface area contributed by atoms with E-state index in [0.717, 1.165) is 11.3 Å². The van der Waals surface area contributed by atoms with E-state index in [0.29, 0.717) is 5.69 Å². The number of anilines is 2. The fraction of sp³-hybridized carbons (Fsp3) is 0.133. The minimum atomic E-state index is -0.384. The van der Waals surface area contributed by atoms with E-state index in [4.69, 9.17) is 0 Å². The summed E-state index contributed by atoms with van der Waals surface area (Å²) in [5.41, 5.74) is 3.38. The van der Waals surface area contributed by atoms with Crippen molar-refractivity contribution in [1.29, 1.82) is 0 Å². The lowest BCUT2D eigenvalue weighted by molar-refractivity contribution is 0.262. The third-order valence-corrected chi connectivity index (χ3v) is 2.92. The molecule has 0 fully saturated rings. The Bertz CT molecular complexity index is 609. The van der Waals surface area contributed by atoms with Gasteiger partial charge in [-0.15, -0.1) is 0 Å². The van der Waals surface area contributed by atoms with Crippen LogP contribution in [-0.2, 0) is 0 Å².